The van der Waals surface area contributed by atoms with E-state index in [1.807, 2.05) is 17.5 Å². The lowest BCUT2D eigenvalue weighted by atomic mass is 10.2. The van der Waals surface area contributed by atoms with Crippen LogP contribution in [0.3, 0.4) is 0 Å². The van der Waals surface area contributed by atoms with E-state index < -0.39 is 0 Å². The molecule has 2 amide bonds. The van der Waals surface area contributed by atoms with Crippen LogP contribution in [0.15, 0.2) is 51.2 Å². The number of halogens is 1. The minimum Gasteiger partial charge on any atom is -0.334 e. The summed E-state index contributed by atoms with van der Waals surface area (Å²) >= 11 is 8.27. The Morgan fingerprint density at radius 2 is 2.00 bits per heavy atom. The van der Waals surface area contributed by atoms with Crippen molar-refractivity contribution >= 4 is 51.9 Å². The lowest BCUT2D eigenvalue weighted by Crippen LogP contribution is -2.28. The third-order valence-electron chi connectivity index (χ3n) is 3.55. The van der Waals surface area contributed by atoms with Crippen LogP contribution >= 0.6 is 34.7 Å². The molecule has 3 aromatic rings. The van der Waals surface area contributed by atoms with Crippen molar-refractivity contribution in [3.05, 3.63) is 62.4 Å². The minimum absolute atomic E-state index is 0.0382. The van der Waals surface area contributed by atoms with Gasteiger partial charge in [0.15, 0.2) is 5.82 Å². The molecule has 0 radical (unpaired) electrons. The molecule has 1 fully saturated rings. The summed E-state index contributed by atoms with van der Waals surface area (Å²) in [5.41, 5.74) is 0.708. The van der Waals surface area contributed by atoms with Crippen molar-refractivity contribution in [2.24, 2.45) is 0 Å². The summed E-state index contributed by atoms with van der Waals surface area (Å²) in [5.74, 6) is 0.207. The molecule has 0 bridgehead atoms. The molecule has 9 heteroatoms. The summed E-state index contributed by atoms with van der Waals surface area (Å²) in [7, 11) is 0. The second-order valence-corrected chi connectivity index (χ2v) is 7.71. The first kappa shape index (κ1) is 17.0. The van der Waals surface area contributed by atoms with E-state index in [1.54, 1.807) is 30.3 Å². The second kappa shape index (κ2) is 7.06. The van der Waals surface area contributed by atoms with Gasteiger partial charge in [0.1, 0.15) is 0 Å². The Morgan fingerprint density at radius 1 is 1.19 bits per heavy atom. The summed E-state index contributed by atoms with van der Waals surface area (Å²) in [6.45, 7) is -0.0382. The molecule has 0 N–H and O–H groups in total. The molecule has 130 valence electrons. The molecule has 26 heavy (non-hydrogen) atoms. The van der Waals surface area contributed by atoms with Crippen molar-refractivity contribution in [1.82, 2.24) is 15.0 Å². The maximum atomic E-state index is 12.5. The van der Waals surface area contributed by atoms with E-state index in [1.165, 1.54) is 11.3 Å². The Bertz CT molecular complexity index is 997. The van der Waals surface area contributed by atoms with Gasteiger partial charge in [0.05, 0.1) is 11.4 Å². The highest BCUT2D eigenvalue weighted by atomic mass is 35.5. The summed E-state index contributed by atoms with van der Waals surface area (Å²) in [6, 6.07) is 10.7. The fourth-order valence-corrected chi connectivity index (χ4v) is 4.00. The first-order valence-corrected chi connectivity index (χ1v) is 9.55. The number of rotatable bonds is 4. The van der Waals surface area contributed by atoms with E-state index in [9.17, 15) is 9.59 Å². The molecule has 1 aliphatic rings. The highest BCUT2D eigenvalue weighted by Gasteiger charge is 2.36. The van der Waals surface area contributed by atoms with E-state index >= 15 is 0 Å². The van der Waals surface area contributed by atoms with Gasteiger partial charge in [0.25, 0.3) is 17.0 Å². The largest absolute Gasteiger partial charge is 0.334 e. The number of thioether (sulfide) groups is 1. The van der Waals surface area contributed by atoms with Crippen LogP contribution in [0.2, 0.25) is 5.02 Å². The second-order valence-electron chi connectivity index (χ2n) is 5.31. The molecule has 0 saturated carbocycles. The monoisotopic (exact) mass is 403 g/mol. The topological polar surface area (TPSA) is 76.3 Å². The average Bonchev–Trinajstić information content (AvgIpc) is 3.35. The van der Waals surface area contributed by atoms with Gasteiger partial charge in [-0.1, -0.05) is 22.8 Å². The number of hydrogen-bond acceptors (Lipinski definition) is 7. The highest BCUT2D eigenvalue weighted by Crippen LogP contribution is 2.33. The summed E-state index contributed by atoms with van der Waals surface area (Å²) < 4.78 is 5.21. The Hall–Kier alpha value is -2.42. The number of thiophene rings is 1. The number of imide groups is 1. The van der Waals surface area contributed by atoms with E-state index in [0.717, 1.165) is 21.5 Å². The van der Waals surface area contributed by atoms with Gasteiger partial charge in [-0.3, -0.25) is 14.5 Å². The first-order valence-electron chi connectivity index (χ1n) is 7.47. The molecular formula is C17H10ClN3O3S2. The Labute approximate surface area is 161 Å². The summed E-state index contributed by atoms with van der Waals surface area (Å²) in [4.78, 5) is 31.3. The quantitative estimate of drug-likeness (QED) is 0.588. The SMILES string of the molecule is O=C1S/C(=C\c2cccs2)C(=O)N1Cc1noc(-c2ccc(Cl)cc2)n1. The first-order chi connectivity index (χ1) is 12.6. The maximum absolute atomic E-state index is 12.5. The van der Waals surface area contributed by atoms with Gasteiger partial charge in [-0.25, -0.2) is 0 Å². The molecule has 1 saturated heterocycles. The maximum Gasteiger partial charge on any atom is 0.293 e. The van der Waals surface area contributed by atoms with Crippen molar-refractivity contribution in [3.63, 3.8) is 0 Å². The smallest absolute Gasteiger partial charge is 0.293 e. The van der Waals surface area contributed by atoms with Crippen molar-refractivity contribution < 1.29 is 14.1 Å². The van der Waals surface area contributed by atoms with Gasteiger partial charge in [-0.15, -0.1) is 11.3 Å². The number of carbonyl (C=O) groups is 2. The molecule has 1 aliphatic heterocycles. The van der Waals surface area contributed by atoms with Gasteiger partial charge >= 0.3 is 0 Å². The van der Waals surface area contributed by atoms with Crippen LogP contribution in [0.4, 0.5) is 4.79 Å². The van der Waals surface area contributed by atoms with Crippen LogP contribution < -0.4 is 0 Å². The molecule has 0 spiro atoms. The molecule has 1 aromatic carbocycles. The normalized spacial score (nSPS) is 16.0. The predicted molar refractivity (Wildman–Crippen MR) is 101 cm³/mol. The highest BCUT2D eigenvalue weighted by molar-refractivity contribution is 8.18. The Kier molecular flexibility index (Phi) is 4.62. The van der Waals surface area contributed by atoms with Crippen LogP contribution in [0.5, 0.6) is 0 Å². The number of carbonyl (C=O) groups excluding carboxylic acids is 2. The third kappa shape index (κ3) is 3.44. The Balaban J connectivity index is 1.51. The van der Waals surface area contributed by atoms with Gasteiger partial charge < -0.3 is 4.52 Å². The molecule has 3 heterocycles. The van der Waals surface area contributed by atoms with Gasteiger partial charge in [-0.2, -0.15) is 4.98 Å². The van der Waals surface area contributed by atoms with Crippen LogP contribution in [-0.2, 0) is 11.3 Å². The van der Waals surface area contributed by atoms with Crippen molar-refractivity contribution in [2.45, 2.75) is 6.54 Å². The van der Waals surface area contributed by atoms with E-state index in [4.69, 9.17) is 16.1 Å². The van der Waals surface area contributed by atoms with Gasteiger partial charge in [-0.05, 0) is 53.5 Å². The zero-order chi connectivity index (χ0) is 18.1. The number of hydrogen-bond donors (Lipinski definition) is 0. The molecule has 0 aliphatic carbocycles. The van der Waals surface area contributed by atoms with E-state index in [2.05, 4.69) is 10.1 Å². The zero-order valence-corrected chi connectivity index (χ0v) is 15.5. The third-order valence-corrected chi connectivity index (χ3v) is 5.53. The fraction of sp³-hybridized carbons (Fsp3) is 0.0588. The van der Waals surface area contributed by atoms with Gasteiger partial charge in [0.2, 0.25) is 0 Å². The number of benzene rings is 1. The molecular weight excluding hydrogens is 394 g/mol. The molecule has 6 nitrogen and oxygen atoms in total. The van der Waals surface area contributed by atoms with Crippen LogP contribution in [0.1, 0.15) is 10.7 Å². The van der Waals surface area contributed by atoms with Crippen molar-refractivity contribution in [1.29, 1.82) is 0 Å². The predicted octanol–water partition coefficient (Wildman–Crippen LogP) is 4.69. The van der Waals surface area contributed by atoms with E-state index in [0.29, 0.717) is 21.4 Å². The lowest BCUT2D eigenvalue weighted by molar-refractivity contribution is -0.123. The average molecular weight is 404 g/mol. The van der Waals surface area contributed by atoms with Crippen LogP contribution in [0.25, 0.3) is 17.5 Å². The van der Waals surface area contributed by atoms with Crippen LogP contribution in [0, 0.1) is 0 Å². The lowest BCUT2D eigenvalue weighted by Gasteiger charge is -2.08. The van der Waals surface area contributed by atoms with Gasteiger partial charge in [0, 0.05) is 15.5 Å². The van der Waals surface area contributed by atoms with Crippen molar-refractivity contribution in [2.75, 3.05) is 0 Å². The van der Waals surface area contributed by atoms with E-state index in [-0.39, 0.29) is 23.5 Å². The number of aromatic nitrogens is 2. The fourth-order valence-electron chi connectivity index (χ4n) is 2.31. The molecule has 2 aromatic heterocycles. The minimum atomic E-state index is -0.355. The molecule has 0 unspecified atom stereocenters. The summed E-state index contributed by atoms with van der Waals surface area (Å²) in [5, 5.41) is 6.02. The van der Waals surface area contributed by atoms with Crippen LogP contribution in [-0.4, -0.2) is 26.2 Å². The van der Waals surface area contributed by atoms with Crippen molar-refractivity contribution in [3.8, 4) is 11.5 Å². The molecule has 4 rings (SSSR count). The number of amides is 2. The molecule has 0 atom stereocenters. The summed E-state index contributed by atoms with van der Waals surface area (Å²) in [6.07, 6.45) is 1.71. The number of nitrogens with zero attached hydrogens (tertiary/aromatic N) is 3. The zero-order valence-electron chi connectivity index (χ0n) is 13.1. The Morgan fingerprint density at radius 3 is 2.73 bits per heavy atom. The standard InChI is InChI=1S/C17H10ClN3O3S2/c18-11-5-3-10(4-6-11)15-19-14(20-24-15)9-21-16(22)13(26-17(21)23)8-12-2-1-7-25-12/h1-8H,9H2/b13-8-.